The van der Waals surface area contributed by atoms with Gasteiger partial charge in [-0.25, -0.2) is 0 Å². The molecule has 5 nitrogen and oxygen atoms in total. The van der Waals surface area contributed by atoms with Crippen LogP contribution >= 0.6 is 0 Å². The van der Waals surface area contributed by atoms with Gasteiger partial charge in [0.05, 0.1) is 26.4 Å². The minimum Gasteiger partial charge on any atom is -0.468 e. The van der Waals surface area contributed by atoms with Crippen molar-refractivity contribution in [3.63, 3.8) is 0 Å². The fourth-order valence-corrected chi connectivity index (χ4v) is 3.11. The molecule has 0 radical (unpaired) electrons. The van der Waals surface area contributed by atoms with Crippen LogP contribution in [-0.4, -0.2) is 51.1 Å². The van der Waals surface area contributed by atoms with Crippen molar-refractivity contribution in [2.75, 3.05) is 33.5 Å². The molecular formula is C15H27NO4. The van der Waals surface area contributed by atoms with Crippen LogP contribution in [0.4, 0.5) is 0 Å². The second-order valence-corrected chi connectivity index (χ2v) is 5.93. The van der Waals surface area contributed by atoms with Crippen molar-refractivity contribution >= 4 is 5.97 Å². The van der Waals surface area contributed by atoms with E-state index in [1.807, 2.05) is 0 Å². The third-order valence-electron chi connectivity index (χ3n) is 4.35. The van der Waals surface area contributed by atoms with E-state index in [1.165, 1.54) is 7.11 Å². The van der Waals surface area contributed by atoms with Crippen molar-refractivity contribution in [1.82, 2.24) is 5.32 Å². The first-order valence-corrected chi connectivity index (χ1v) is 7.73. The monoisotopic (exact) mass is 285 g/mol. The third-order valence-corrected chi connectivity index (χ3v) is 4.35. The van der Waals surface area contributed by atoms with Crippen LogP contribution in [0.25, 0.3) is 0 Å². The summed E-state index contributed by atoms with van der Waals surface area (Å²) in [5.74, 6) is 0.368. The van der Waals surface area contributed by atoms with Crippen LogP contribution in [0.5, 0.6) is 0 Å². The van der Waals surface area contributed by atoms with Crippen molar-refractivity contribution in [1.29, 1.82) is 0 Å². The normalized spacial score (nSPS) is 33.5. The van der Waals surface area contributed by atoms with E-state index in [9.17, 15) is 4.79 Å². The van der Waals surface area contributed by atoms with E-state index in [4.69, 9.17) is 14.2 Å². The molecule has 1 aliphatic heterocycles. The van der Waals surface area contributed by atoms with E-state index in [1.54, 1.807) is 0 Å². The predicted octanol–water partition coefficient (Wildman–Crippen LogP) is 1.50. The molecule has 0 bridgehead atoms. The summed E-state index contributed by atoms with van der Waals surface area (Å²) in [6.45, 7) is 5.33. The van der Waals surface area contributed by atoms with Crippen molar-refractivity contribution in [3.8, 4) is 0 Å². The largest absolute Gasteiger partial charge is 0.468 e. The summed E-state index contributed by atoms with van der Waals surface area (Å²) in [6.07, 6.45) is 4.67. The van der Waals surface area contributed by atoms with Gasteiger partial charge in [0.15, 0.2) is 0 Å². The number of carbonyl (C=O) groups is 1. The first-order chi connectivity index (χ1) is 9.70. The van der Waals surface area contributed by atoms with E-state index in [2.05, 4.69) is 12.2 Å². The Morgan fingerprint density at radius 3 is 2.95 bits per heavy atom. The molecule has 0 aromatic rings. The molecule has 2 fully saturated rings. The number of hydrogen-bond donors (Lipinski definition) is 1. The maximum absolute atomic E-state index is 12.1. The van der Waals surface area contributed by atoms with Gasteiger partial charge >= 0.3 is 5.97 Å². The third kappa shape index (κ3) is 3.71. The predicted molar refractivity (Wildman–Crippen MR) is 75.6 cm³/mol. The van der Waals surface area contributed by atoms with Crippen molar-refractivity contribution in [2.45, 2.75) is 50.7 Å². The minimum absolute atomic E-state index is 0.152. The van der Waals surface area contributed by atoms with E-state index >= 15 is 0 Å². The summed E-state index contributed by atoms with van der Waals surface area (Å²) in [4.78, 5) is 12.1. The molecule has 0 amide bonds. The second-order valence-electron chi connectivity index (χ2n) is 5.93. The van der Waals surface area contributed by atoms with Gasteiger partial charge in [0.25, 0.3) is 0 Å². The lowest BCUT2D eigenvalue weighted by Gasteiger charge is -2.27. The Bertz CT molecular complexity index is 317. The van der Waals surface area contributed by atoms with E-state index in [-0.39, 0.29) is 12.1 Å². The van der Waals surface area contributed by atoms with Crippen molar-refractivity contribution < 1.29 is 19.0 Å². The van der Waals surface area contributed by atoms with E-state index < -0.39 is 5.54 Å². The maximum Gasteiger partial charge on any atom is 0.326 e. The maximum atomic E-state index is 12.1. The molecule has 0 spiro atoms. The highest BCUT2D eigenvalue weighted by atomic mass is 16.5. The molecule has 2 rings (SSSR count). The number of rotatable bonds is 7. The zero-order valence-corrected chi connectivity index (χ0v) is 12.7. The average Bonchev–Trinajstić information content (AvgIpc) is 3.12. The number of ether oxygens (including phenoxy) is 3. The van der Waals surface area contributed by atoms with Gasteiger partial charge in [0, 0.05) is 18.9 Å². The standard InChI is InChI=1S/C15H27NO4/c1-3-7-16-15(14(17)18-2)6-4-13(9-15)20-11-12-5-8-19-10-12/h12-13,16H,3-11H2,1-2H3. The van der Waals surface area contributed by atoms with Gasteiger partial charge in [-0.2, -0.15) is 0 Å². The van der Waals surface area contributed by atoms with Gasteiger partial charge in [-0.1, -0.05) is 6.92 Å². The van der Waals surface area contributed by atoms with Crippen LogP contribution in [0, 0.1) is 5.92 Å². The number of hydrogen-bond acceptors (Lipinski definition) is 5. The van der Waals surface area contributed by atoms with Gasteiger partial charge in [-0.05, 0) is 32.2 Å². The molecule has 3 atom stereocenters. The summed E-state index contributed by atoms with van der Waals surface area (Å²) in [5, 5.41) is 3.37. The Morgan fingerprint density at radius 1 is 1.45 bits per heavy atom. The Hall–Kier alpha value is -0.650. The summed E-state index contributed by atoms with van der Waals surface area (Å²) in [6, 6.07) is 0. The highest BCUT2D eigenvalue weighted by Crippen LogP contribution is 2.33. The van der Waals surface area contributed by atoms with Crippen LogP contribution in [-0.2, 0) is 19.0 Å². The van der Waals surface area contributed by atoms with E-state index in [0.717, 1.165) is 52.0 Å². The lowest BCUT2D eigenvalue weighted by molar-refractivity contribution is -0.149. The van der Waals surface area contributed by atoms with E-state index in [0.29, 0.717) is 12.3 Å². The van der Waals surface area contributed by atoms with Crippen LogP contribution in [0.3, 0.4) is 0 Å². The molecule has 1 saturated carbocycles. The summed E-state index contributed by atoms with van der Waals surface area (Å²) in [5.41, 5.74) is -0.540. The smallest absolute Gasteiger partial charge is 0.326 e. The molecule has 2 aliphatic rings. The van der Waals surface area contributed by atoms with Gasteiger partial charge in [0.1, 0.15) is 5.54 Å². The lowest BCUT2D eigenvalue weighted by atomic mass is 9.97. The van der Waals surface area contributed by atoms with Gasteiger partial charge in [0.2, 0.25) is 0 Å². The highest BCUT2D eigenvalue weighted by Gasteiger charge is 2.46. The molecule has 0 aromatic carbocycles. The Kier molecular flexibility index (Phi) is 5.81. The Morgan fingerprint density at radius 2 is 2.30 bits per heavy atom. The summed E-state index contributed by atoms with van der Waals surface area (Å²) in [7, 11) is 1.46. The summed E-state index contributed by atoms with van der Waals surface area (Å²) >= 11 is 0. The van der Waals surface area contributed by atoms with Gasteiger partial charge in [-0.15, -0.1) is 0 Å². The summed E-state index contributed by atoms with van der Waals surface area (Å²) < 4.78 is 16.3. The number of nitrogens with one attached hydrogen (secondary N) is 1. The van der Waals surface area contributed by atoms with Gasteiger partial charge < -0.3 is 19.5 Å². The quantitative estimate of drug-likeness (QED) is 0.718. The fourth-order valence-electron chi connectivity index (χ4n) is 3.11. The average molecular weight is 285 g/mol. The molecule has 3 unspecified atom stereocenters. The molecule has 116 valence electrons. The molecule has 20 heavy (non-hydrogen) atoms. The van der Waals surface area contributed by atoms with Crippen LogP contribution in [0.2, 0.25) is 0 Å². The number of esters is 1. The van der Waals surface area contributed by atoms with Crippen LogP contribution in [0.15, 0.2) is 0 Å². The Labute approximate surface area is 121 Å². The van der Waals surface area contributed by atoms with Gasteiger partial charge in [-0.3, -0.25) is 4.79 Å². The Balaban J connectivity index is 1.84. The number of carbonyl (C=O) groups excluding carboxylic acids is 1. The molecular weight excluding hydrogens is 258 g/mol. The molecule has 1 aliphatic carbocycles. The second kappa shape index (κ2) is 7.38. The molecule has 5 heteroatoms. The van der Waals surface area contributed by atoms with Crippen LogP contribution < -0.4 is 5.32 Å². The van der Waals surface area contributed by atoms with Crippen LogP contribution in [0.1, 0.15) is 39.0 Å². The zero-order valence-electron chi connectivity index (χ0n) is 12.7. The first-order valence-electron chi connectivity index (χ1n) is 7.73. The SMILES string of the molecule is CCCNC1(C(=O)OC)CCC(OCC2CCOC2)C1. The fraction of sp³-hybridized carbons (Fsp3) is 0.933. The van der Waals surface area contributed by atoms with Crippen molar-refractivity contribution in [2.24, 2.45) is 5.92 Å². The lowest BCUT2D eigenvalue weighted by Crippen LogP contribution is -2.51. The molecule has 1 saturated heterocycles. The number of methoxy groups -OCH3 is 1. The molecule has 1 N–H and O–H groups in total. The highest BCUT2D eigenvalue weighted by molar-refractivity contribution is 5.81. The van der Waals surface area contributed by atoms with Crippen molar-refractivity contribution in [3.05, 3.63) is 0 Å². The molecule has 0 aromatic heterocycles. The topological polar surface area (TPSA) is 56.8 Å². The minimum atomic E-state index is -0.540. The molecule has 1 heterocycles. The first kappa shape index (κ1) is 15.7. The zero-order chi connectivity index (χ0) is 14.4.